The SMILES string of the molecule is COc1ccc(-c2cnc(N(C)C)nc2[C@H]2CCCCN2C(=O)c2n[nH]c3c2CCC3)cc1. The molecule has 5 rings (SSSR count). The first kappa shape index (κ1) is 21.4. The number of methoxy groups -OCH3 is 1. The topological polar surface area (TPSA) is 87.2 Å². The van der Waals surface area contributed by atoms with Gasteiger partial charge in [0.15, 0.2) is 5.69 Å². The highest BCUT2D eigenvalue weighted by Gasteiger charge is 2.35. The minimum atomic E-state index is -0.126. The number of nitrogens with one attached hydrogen (secondary N) is 1. The summed E-state index contributed by atoms with van der Waals surface area (Å²) in [6, 6.07) is 7.79. The van der Waals surface area contributed by atoms with E-state index >= 15 is 0 Å². The first-order valence-electron chi connectivity index (χ1n) is 11.6. The molecular weight excluding hydrogens is 416 g/mol. The summed E-state index contributed by atoms with van der Waals surface area (Å²) >= 11 is 0. The molecule has 1 atom stereocenters. The van der Waals surface area contributed by atoms with Gasteiger partial charge in [-0.3, -0.25) is 9.89 Å². The zero-order valence-corrected chi connectivity index (χ0v) is 19.5. The van der Waals surface area contributed by atoms with Crippen LogP contribution in [-0.2, 0) is 12.8 Å². The van der Waals surface area contributed by atoms with Crippen molar-refractivity contribution in [2.45, 2.75) is 44.6 Å². The van der Waals surface area contributed by atoms with Crippen LogP contribution in [-0.4, -0.2) is 58.7 Å². The van der Waals surface area contributed by atoms with Crippen LogP contribution in [0.25, 0.3) is 11.1 Å². The van der Waals surface area contributed by atoms with Crippen LogP contribution < -0.4 is 9.64 Å². The lowest BCUT2D eigenvalue weighted by atomic mass is 9.93. The molecule has 8 heteroatoms. The van der Waals surface area contributed by atoms with E-state index in [0.717, 1.165) is 72.4 Å². The third kappa shape index (κ3) is 3.94. The molecule has 3 heterocycles. The first-order valence-corrected chi connectivity index (χ1v) is 11.6. The van der Waals surface area contributed by atoms with Gasteiger partial charge in [-0.15, -0.1) is 0 Å². The Morgan fingerprint density at radius 1 is 1.15 bits per heavy atom. The van der Waals surface area contributed by atoms with Crippen LogP contribution in [0.15, 0.2) is 30.5 Å². The highest BCUT2D eigenvalue weighted by Crippen LogP contribution is 2.38. The van der Waals surface area contributed by atoms with E-state index < -0.39 is 0 Å². The summed E-state index contributed by atoms with van der Waals surface area (Å²) in [5, 5.41) is 7.51. The first-order chi connectivity index (χ1) is 16.1. The van der Waals surface area contributed by atoms with Gasteiger partial charge in [-0.1, -0.05) is 12.1 Å². The van der Waals surface area contributed by atoms with E-state index in [-0.39, 0.29) is 11.9 Å². The van der Waals surface area contributed by atoms with Gasteiger partial charge < -0.3 is 14.5 Å². The molecule has 2 aromatic heterocycles. The molecule has 1 aliphatic heterocycles. The van der Waals surface area contributed by atoms with Crippen LogP contribution in [0.5, 0.6) is 5.75 Å². The number of likely N-dealkylation sites (tertiary alicyclic amines) is 1. The fourth-order valence-electron chi connectivity index (χ4n) is 4.94. The van der Waals surface area contributed by atoms with Gasteiger partial charge in [-0.05, 0) is 56.2 Å². The fraction of sp³-hybridized carbons (Fsp3) is 0.440. The molecule has 1 N–H and O–H groups in total. The number of anilines is 1. The number of aryl methyl sites for hydroxylation is 1. The van der Waals surface area contributed by atoms with Gasteiger partial charge in [0.05, 0.1) is 18.8 Å². The van der Waals surface area contributed by atoms with Crippen molar-refractivity contribution >= 4 is 11.9 Å². The van der Waals surface area contributed by atoms with Crippen LogP contribution in [0.2, 0.25) is 0 Å². The van der Waals surface area contributed by atoms with Gasteiger partial charge in [0, 0.05) is 43.7 Å². The van der Waals surface area contributed by atoms with E-state index in [4.69, 9.17) is 9.72 Å². The summed E-state index contributed by atoms with van der Waals surface area (Å²) < 4.78 is 5.33. The number of carbonyl (C=O) groups excluding carboxylic acids is 1. The maximum Gasteiger partial charge on any atom is 0.275 e. The third-order valence-electron chi connectivity index (χ3n) is 6.69. The number of ether oxygens (including phenoxy) is 1. The Morgan fingerprint density at radius 3 is 2.73 bits per heavy atom. The van der Waals surface area contributed by atoms with E-state index in [0.29, 0.717) is 18.2 Å². The minimum Gasteiger partial charge on any atom is -0.497 e. The Hall–Kier alpha value is -3.42. The molecular formula is C25H30N6O2. The molecule has 2 aliphatic rings. The molecule has 33 heavy (non-hydrogen) atoms. The van der Waals surface area contributed by atoms with E-state index in [9.17, 15) is 4.79 Å². The summed E-state index contributed by atoms with van der Waals surface area (Å²) in [4.78, 5) is 27.2. The quantitative estimate of drug-likeness (QED) is 0.642. The predicted octanol–water partition coefficient (Wildman–Crippen LogP) is 3.80. The lowest BCUT2D eigenvalue weighted by molar-refractivity contribution is 0.0599. The number of aromatic amines is 1. The molecule has 0 radical (unpaired) electrons. The smallest absolute Gasteiger partial charge is 0.275 e. The molecule has 8 nitrogen and oxygen atoms in total. The number of amides is 1. The number of hydrogen-bond acceptors (Lipinski definition) is 6. The Morgan fingerprint density at radius 2 is 1.97 bits per heavy atom. The number of rotatable bonds is 5. The standard InChI is InChI=1S/C25H30N6O2/c1-30(2)25-26-15-19(16-10-12-17(33-3)13-11-16)22(27-25)21-9-4-5-14-31(21)24(32)23-18-7-6-8-20(18)28-29-23/h10-13,15,21H,4-9,14H2,1-3H3,(H,28,29)/t21-/m1/s1. The Balaban J connectivity index is 1.57. The molecule has 3 aromatic rings. The van der Waals surface area contributed by atoms with Crippen molar-refractivity contribution in [2.24, 2.45) is 0 Å². The molecule has 0 unspecified atom stereocenters. The second-order valence-corrected chi connectivity index (χ2v) is 8.98. The molecule has 1 aliphatic carbocycles. The highest BCUT2D eigenvalue weighted by molar-refractivity contribution is 5.94. The number of carbonyl (C=O) groups is 1. The number of H-pyrrole nitrogens is 1. The Kier molecular flexibility index (Phi) is 5.74. The molecule has 0 saturated carbocycles. The van der Waals surface area contributed by atoms with Crippen molar-refractivity contribution in [1.82, 2.24) is 25.1 Å². The number of hydrogen-bond donors (Lipinski definition) is 1. The predicted molar refractivity (Wildman–Crippen MR) is 127 cm³/mol. The number of fused-ring (bicyclic) bond motifs is 1. The summed E-state index contributed by atoms with van der Waals surface area (Å²) in [6.07, 6.45) is 7.75. The van der Waals surface area contributed by atoms with Crippen molar-refractivity contribution < 1.29 is 9.53 Å². The molecule has 172 valence electrons. The average molecular weight is 447 g/mol. The van der Waals surface area contributed by atoms with Gasteiger partial charge in [0.25, 0.3) is 5.91 Å². The lowest BCUT2D eigenvalue weighted by Gasteiger charge is -2.36. The van der Waals surface area contributed by atoms with Crippen molar-refractivity contribution in [3.63, 3.8) is 0 Å². The van der Waals surface area contributed by atoms with Gasteiger partial charge in [0.2, 0.25) is 5.95 Å². The Bertz CT molecular complexity index is 1150. The van der Waals surface area contributed by atoms with E-state index in [1.165, 1.54) is 0 Å². The molecule has 1 amide bonds. The normalized spacial score (nSPS) is 17.7. The van der Waals surface area contributed by atoms with Crippen LogP contribution in [0.3, 0.4) is 0 Å². The van der Waals surface area contributed by atoms with Crippen LogP contribution in [0, 0.1) is 0 Å². The van der Waals surface area contributed by atoms with Crippen molar-refractivity contribution in [3.05, 3.63) is 53.1 Å². The van der Waals surface area contributed by atoms with Crippen LogP contribution in [0.4, 0.5) is 5.95 Å². The van der Waals surface area contributed by atoms with E-state index in [1.54, 1.807) is 7.11 Å². The van der Waals surface area contributed by atoms with Crippen LogP contribution >= 0.6 is 0 Å². The maximum absolute atomic E-state index is 13.7. The van der Waals surface area contributed by atoms with E-state index in [1.807, 2.05) is 54.4 Å². The number of aromatic nitrogens is 4. The summed E-state index contributed by atoms with van der Waals surface area (Å²) in [5.41, 5.74) is 5.63. The van der Waals surface area contributed by atoms with Gasteiger partial charge in [-0.25, -0.2) is 9.97 Å². The average Bonchev–Trinajstić information content (AvgIpc) is 3.47. The molecule has 0 bridgehead atoms. The number of nitrogens with zero attached hydrogens (tertiary/aromatic N) is 5. The molecule has 1 saturated heterocycles. The van der Waals surface area contributed by atoms with Crippen molar-refractivity contribution in [1.29, 1.82) is 0 Å². The minimum absolute atomic E-state index is 0.00444. The monoisotopic (exact) mass is 446 g/mol. The number of benzene rings is 1. The highest BCUT2D eigenvalue weighted by atomic mass is 16.5. The van der Waals surface area contributed by atoms with Crippen LogP contribution in [0.1, 0.15) is 59.2 Å². The second-order valence-electron chi connectivity index (χ2n) is 8.98. The van der Waals surface area contributed by atoms with Gasteiger partial charge in [0.1, 0.15) is 5.75 Å². The molecule has 1 fully saturated rings. The Labute approximate surface area is 194 Å². The lowest BCUT2D eigenvalue weighted by Crippen LogP contribution is -2.40. The number of piperidine rings is 1. The zero-order valence-electron chi connectivity index (χ0n) is 19.5. The van der Waals surface area contributed by atoms with Gasteiger partial charge >= 0.3 is 0 Å². The zero-order chi connectivity index (χ0) is 22.9. The van der Waals surface area contributed by atoms with E-state index in [2.05, 4.69) is 15.2 Å². The van der Waals surface area contributed by atoms with Crippen molar-refractivity contribution in [3.8, 4) is 16.9 Å². The molecule has 0 spiro atoms. The summed E-state index contributed by atoms with van der Waals surface area (Å²) in [6.45, 7) is 0.703. The largest absolute Gasteiger partial charge is 0.497 e. The van der Waals surface area contributed by atoms with Crippen molar-refractivity contribution in [2.75, 3.05) is 32.6 Å². The fourth-order valence-corrected chi connectivity index (χ4v) is 4.94. The molecule has 1 aromatic carbocycles. The summed E-state index contributed by atoms with van der Waals surface area (Å²) in [7, 11) is 5.53. The van der Waals surface area contributed by atoms with Gasteiger partial charge in [-0.2, -0.15) is 5.10 Å². The summed E-state index contributed by atoms with van der Waals surface area (Å²) in [5.74, 6) is 1.44. The third-order valence-corrected chi connectivity index (χ3v) is 6.69. The maximum atomic E-state index is 13.7. The second kappa shape index (κ2) is 8.84.